The second kappa shape index (κ2) is 6.31. The highest BCUT2D eigenvalue weighted by atomic mass is 16.5. The molecular formula is C10H17N3O5. The Hall–Kier alpha value is -1.67. The van der Waals surface area contributed by atoms with Gasteiger partial charge in [0.15, 0.2) is 0 Å². The maximum absolute atomic E-state index is 11.7. The molecule has 3 N–H and O–H groups in total. The zero-order chi connectivity index (χ0) is 13.7. The summed E-state index contributed by atoms with van der Waals surface area (Å²) in [6.07, 6.45) is 0. The third kappa shape index (κ3) is 3.41. The minimum absolute atomic E-state index is 0.0347. The van der Waals surface area contributed by atoms with Gasteiger partial charge in [-0.05, 0) is 6.92 Å². The molecule has 1 saturated heterocycles. The van der Waals surface area contributed by atoms with Gasteiger partial charge >= 0.3 is 12.0 Å². The fourth-order valence-electron chi connectivity index (χ4n) is 1.72. The van der Waals surface area contributed by atoms with Crippen molar-refractivity contribution < 1.29 is 24.2 Å². The number of amides is 3. The van der Waals surface area contributed by atoms with Gasteiger partial charge in [0.05, 0.1) is 19.3 Å². The summed E-state index contributed by atoms with van der Waals surface area (Å²) in [5, 5.41) is 13.4. The molecule has 0 radical (unpaired) electrons. The van der Waals surface area contributed by atoms with E-state index >= 15 is 0 Å². The van der Waals surface area contributed by atoms with Crippen LogP contribution in [0.3, 0.4) is 0 Å². The van der Waals surface area contributed by atoms with Gasteiger partial charge in [-0.15, -0.1) is 0 Å². The molecule has 102 valence electrons. The molecule has 1 aliphatic heterocycles. The molecule has 8 heteroatoms. The van der Waals surface area contributed by atoms with Crippen LogP contribution in [0, 0.1) is 0 Å². The predicted molar refractivity (Wildman–Crippen MR) is 61.0 cm³/mol. The van der Waals surface area contributed by atoms with Gasteiger partial charge in [0.2, 0.25) is 5.91 Å². The molecule has 0 aromatic carbocycles. The van der Waals surface area contributed by atoms with E-state index in [4.69, 9.17) is 9.84 Å². The molecule has 1 heterocycles. The summed E-state index contributed by atoms with van der Waals surface area (Å²) in [5.74, 6) is -1.59. The number of carboxylic acid groups (broad SMARTS) is 1. The number of carboxylic acids is 1. The average Bonchev–Trinajstić information content (AvgIpc) is 2.37. The predicted octanol–water partition coefficient (Wildman–Crippen LogP) is -1.38. The summed E-state index contributed by atoms with van der Waals surface area (Å²) >= 11 is 0. The Morgan fingerprint density at radius 2 is 2.11 bits per heavy atom. The monoisotopic (exact) mass is 259 g/mol. The lowest BCUT2D eigenvalue weighted by Crippen LogP contribution is -2.58. The highest BCUT2D eigenvalue weighted by Crippen LogP contribution is 2.11. The van der Waals surface area contributed by atoms with Gasteiger partial charge in [-0.2, -0.15) is 0 Å². The number of aliphatic carboxylic acids is 1. The fraction of sp³-hybridized carbons (Fsp3) is 0.700. The molecule has 8 nitrogen and oxygen atoms in total. The molecule has 1 aliphatic rings. The van der Waals surface area contributed by atoms with Crippen molar-refractivity contribution in [1.82, 2.24) is 15.5 Å². The third-order valence-corrected chi connectivity index (χ3v) is 2.80. The SMILES string of the molecule is CNC(=O)NC(=O)C(C)N1CCOCC1C(=O)O. The summed E-state index contributed by atoms with van der Waals surface area (Å²) in [4.78, 5) is 35.3. The lowest BCUT2D eigenvalue weighted by atomic mass is 10.1. The Morgan fingerprint density at radius 1 is 1.44 bits per heavy atom. The molecule has 0 spiro atoms. The number of carbonyl (C=O) groups excluding carboxylic acids is 2. The maximum Gasteiger partial charge on any atom is 0.323 e. The van der Waals surface area contributed by atoms with Crippen molar-refractivity contribution in [3.8, 4) is 0 Å². The summed E-state index contributed by atoms with van der Waals surface area (Å²) in [6.45, 7) is 2.28. The molecule has 1 fully saturated rings. The van der Waals surface area contributed by atoms with Crippen LogP contribution in [0.15, 0.2) is 0 Å². The van der Waals surface area contributed by atoms with E-state index in [1.54, 1.807) is 6.92 Å². The van der Waals surface area contributed by atoms with E-state index in [0.717, 1.165) is 0 Å². The normalized spacial score (nSPS) is 22.0. The molecule has 3 amide bonds. The van der Waals surface area contributed by atoms with Crippen molar-refractivity contribution in [2.75, 3.05) is 26.8 Å². The van der Waals surface area contributed by atoms with E-state index in [0.29, 0.717) is 13.2 Å². The zero-order valence-electron chi connectivity index (χ0n) is 10.3. The van der Waals surface area contributed by atoms with E-state index in [1.807, 2.05) is 0 Å². The Labute approximate surface area is 104 Å². The number of carbonyl (C=O) groups is 3. The lowest BCUT2D eigenvalue weighted by molar-refractivity contribution is -0.153. The molecule has 2 unspecified atom stereocenters. The van der Waals surface area contributed by atoms with E-state index in [9.17, 15) is 14.4 Å². The van der Waals surface area contributed by atoms with Crippen molar-refractivity contribution in [3.63, 3.8) is 0 Å². The third-order valence-electron chi connectivity index (χ3n) is 2.80. The molecular weight excluding hydrogens is 242 g/mol. The summed E-state index contributed by atoms with van der Waals surface area (Å²) in [5.41, 5.74) is 0. The fourth-order valence-corrected chi connectivity index (χ4v) is 1.72. The second-order valence-corrected chi connectivity index (χ2v) is 3.91. The first-order valence-corrected chi connectivity index (χ1v) is 5.56. The highest BCUT2D eigenvalue weighted by Gasteiger charge is 2.35. The number of ether oxygens (including phenoxy) is 1. The van der Waals surface area contributed by atoms with Crippen molar-refractivity contribution in [1.29, 1.82) is 0 Å². The zero-order valence-corrected chi connectivity index (χ0v) is 10.3. The van der Waals surface area contributed by atoms with Crippen LogP contribution >= 0.6 is 0 Å². The van der Waals surface area contributed by atoms with Crippen molar-refractivity contribution in [2.45, 2.75) is 19.0 Å². The second-order valence-electron chi connectivity index (χ2n) is 3.91. The Bertz CT molecular complexity index is 346. The molecule has 2 atom stereocenters. The minimum Gasteiger partial charge on any atom is -0.480 e. The number of rotatable bonds is 3. The van der Waals surface area contributed by atoms with E-state index < -0.39 is 30.0 Å². The number of urea groups is 1. The standard InChI is InChI=1S/C10H17N3O5/c1-6(8(14)12-10(17)11-2)13-3-4-18-5-7(13)9(15)16/h6-7H,3-5H2,1-2H3,(H,15,16)(H2,11,12,14,17). The van der Waals surface area contributed by atoms with Gasteiger partial charge in [-0.25, -0.2) is 4.79 Å². The van der Waals surface area contributed by atoms with Crippen LogP contribution < -0.4 is 10.6 Å². The molecule has 1 rings (SSSR count). The van der Waals surface area contributed by atoms with Crippen LogP contribution in [0.5, 0.6) is 0 Å². The first kappa shape index (κ1) is 14.4. The first-order chi connectivity index (χ1) is 8.47. The van der Waals surface area contributed by atoms with Gasteiger partial charge in [-0.3, -0.25) is 19.8 Å². The largest absolute Gasteiger partial charge is 0.480 e. The summed E-state index contributed by atoms with van der Waals surface area (Å²) < 4.78 is 5.07. The van der Waals surface area contributed by atoms with Crippen LogP contribution in [0.25, 0.3) is 0 Å². The van der Waals surface area contributed by atoms with Crippen LogP contribution in [-0.2, 0) is 14.3 Å². The van der Waals surface area contributed by atoms with Gasteiger partial charge in [-0.1, -0.05) is 0 Å². The van der Waals surface area contributed by atoms with E-state index in [-0.39, 0.29) is 6.61 Å². The van der Waals surface area contributed by atoms with Crippen molar-refractivity contribution in [2.24, 2.45) is 0 Å². The number of morpholine rings is 1. The molecule has 0 bridgehead atoms. The molecule has 0 aliphatic carbocycles. The molecule has 0 saturated carbocycles. The van der Waals surface area contributed by atoms with Gasteiger partial charge in [0, 0.05) is 13.6 Å². The lowest BCUT2D eigenvalue weighted by Gasteiger charge is -2.36. The number of hydrogen-bond donors (Lipinski definition) is 3. The van der Waals surface area contributed by atoms with Crippen molar-refractivity contribution in [3.05, 3.63) is 0 Å². The maximum atomic E-state index is 11.7. The highest BCUT2D eigenvalue weighted by molar-refractivity contribution is 5.96. The average molecular weight is 259 g/mol. The van der Waals surface area contributed by atoms with Gasteiger partial charge in [0.25, 0.3) is 0 Å². The number of nitrogens with one attached hydrogen (secondary N) is 2. The van der Waals surface area contributed by atoms with Crippen LogP contribution in [0.4, 0.5) is 4.79 Å². The minimum atomic E-state index is -1.05. The number of hydrogen-bond acceptors (Lipinski definition) is 5. The summed E-state index contributed by atoms with van der Waals surface area (Å²) in [7, 11) is 1.39. The molecule has 0 aromatic rings. The summed E-state index contributed by atoms with van der Waals surface area (Å²) in [6, 6.07) is -2.21. The topological polar surface area (TPSA) is 108 Å². The number of nitrogens with zero attached hydrogens (tertiary/aromatic N) is 1. The van der Waals surface area contributed by atoms with Gasteiger partial charge < -0.3 is 15.2 Å². The Morgan fingerprint density at radius 3 is 2.67 bits per heavy atom. The van der Waals surface area contributed by atoms with E-state index in [2.05, 4.69) is 10.6 Å². The molecule has 0 aromatic heterocycles. The van der Waals surface area contributed by atoms with Crippen LogP contribution in [-0.4, -0.2) is 66.8 Å². The smallest absolute Gasteiger partial charge is 0.323 e. The van der Waals surface area contributed by atoms with E-state index in [1.165, 1.54) is 11.9 Å². The Balaban J connectivity index is 2.67. The Kier molecular flexibility index (Phi) is 5.05. The molecule has 18 heavy (non-hydrogen) atoms. The van der Waals surface area contributed by atoms with Crippen molar-refractivity contribution >= 4 is 17.9 Å². The van der Waals surface area contributed by atoms with Crippen LogP contribution in [0.1, 0.15) is 6.92 Å². The quantitative estimate of drug-likeness (QED) is 0.576. The first-order valence-electron chi connectivity index (χ1n) is 5.56. The number of imide groups is 1. The van der Waals surface area contributed by atoms with Crippen LogP contribution in [0.2, 0.25) is 0 Å². The van der Waals surface area contributed by atoms with Gasteiger partial charge in [0.1, 0.15) is 6.04 Å².